The third kappa shape index (κ3) is 4.86. The number of rotatable bonds is 8. The SMILES string of the molecule is C=Cc1ccc(Cn2c(C)c(CNCc3cccc(Br)c3)c(C(=O)[O-])c2C)cc1. The Labute approximate surface area is 180 Å². The second kappa shape index (κ2) is 9.25. The van der Waals surface area contributed by atoms with E-state index < -0.39 is 5.97 Å². The Kier molecular flexibility index (Phi) is 6.72. The van der Waals surface area contributed by atoms with Crippen LogP contribution in [0.15, 0.2) is 59.6 Å². The number of nitrogens with zero attached hydrogens (tertiary/aromatic N) is 1. The molecule has 1 N–H and O–H groups in total. The Morgan fingerprint density at radius 3 is 2.45 bits per heavy atom. The van der Waals surface area contributed by atoms with E-state index in [2.05, 4.69) is 27.8 Å². The van der Waals surface area contributed by atoms with Gasteiger partial charge >= 0.3 is 0 Å². The van der Waals surface area contributed by atoms with Crippen molar-refractivity contribution in [3.8, 4) is 0 Å². The standard InChI is InChI=1S/C24H25BrN2O2/c1-4-18-8-10-19(11-9-18)15-27-16(2)22(23(17(27)3)24(28)29)14-26-13-20-6-5-7-21(25)12-20/h4-12,26H,1,13-15H2,2-3H3,(H,28,29)/p-1. The minimum atomic E-state index is -1.13. The number of aromatic carboxylic acids is 1. The third-order valence-electron chi connectivity index (χ3n) is 5.19. The Balaban J connectivity index is 1.83. The molecule has 0 saturated carbocycles. The lowest BCUT2D eigenvalue weighted by Gasteiger charge is -2.11. The maximum atomic E-state index is 11.9. The predicted molar refractivity (Wildman–Crippen MR) is 119 cm³/mol. The van der Waals surface area contributed by atoms with Gasteiger partial charge in [-0.15, -0.1) is 0 Å². The molecule has 1 heterocycles. The summed E-state index contributed by atoms with van der Waals surface area (Å²) >= 11 is 3.47. The minimum absolute atomic E-state index is 0.284. The maximum absolute atomic E-state index is 11.9. The molecule has 0 fully saturated rings. The maximum Gasteiger partial charge on any atom is 0.0736 e. The van der Waals surface area contributed by atoms with Gasteiger partial charge < -0.3 is 19.8 Å². The highest BCUT2D eigenvalue weighted by Gasteiger charge is 2.18. The Bertz CT molecular complexity index is 1040. The summed E-state index contributed by atoms with van der Waals surface area (Å²) in [5.41, 5.74) is 6.02. The van der Waals surface area contributed by atoms with E-state index in [4.69, 9.17) is 0 Å². The van der Waals surface area contributed by atoms with Gasteiger partial charge in [-0.1, -0.05) is 65.0 Å². The van der Waals surface area contributed by atoms with Crippen LogP contribution in [0.3, 0.4) is 0 Å². The molecule has 0 amide bonds. The summed E-state index contributed by atoms with van der Waals surface area (Å²) in [5, 5.41) is 15.2. The normalized spacial score (nSPS) is 10.9. The van der Waals surface area contributed by atoms with Gasteiger partial charge in [-0.3, -0.25) is 0 Å². The number of carbonyl (C=O) groups is 1. The lowest BCUT2D eigenvalue weighted by atomic mass is 10.1. The van der Waals surface area contributed by atoms with Crippen molar-refractivity contribution in [1.82, 2.24) is 9.88 Å². The molecule has 29 heavy (non-hydrogen) atoms. The van der Waals surface area contributed by atoms with Gasteiger partial charge in [0.25, 0.3) is 0 Å². The molecule has 1 aromatic heterocycles. The topological polar surface area (TPSA) is 57.1 Å². The molecular weight excluding hydrogens is 428 g/mol. The fraction of sp³-hybridized carbons (Fsp3) is 0.208. The summed E-state index contributed by atoms with van der Waals surface area (Å²) in [6.07, 6.45) is 1.80. The van der Waals surface area contributed by atoms with Crippen molar-refractivity contribution in [3.63, 3.8) is 0 Å². The molecule has 3 rings (SSSR count). The molecule has 0 aliphatic heterocycles. The van der Waals surface area contributed by atoms with Crippen LogP contribution in [-0.2, 0) is 19.6 Å². The molecule has 0 atom stereocenters. The zero-order chi connectivity index (χ0) is 21.0. The first-order valence-corrected chi connectivity index (χ1v) is 10.3. The van der Waals surface area contributed by atoms with Crippen molar-refractivity contribution in [3.05, 3.63) is 98.8 Å². The first-order chi connectivity index (χ1) is 13.9. The van der Waals surface area contributed by atoms with Crippen molar-refractivity contribution in [1.29, 1.82) is 0 Å². The lowest BCUT2D eigenvalue weighted by Crippen LogP contribution is -2.25. The van der Waals surface area contributed by atoms with E-state index in [1.165, 1.54) is 0 Å². The molecule has 0 aliphatic carbocycles. The van der Waals surface area contributed by atoms with E-state index in [0.717, 1.165) is 38.1 Å². The van der Waals surface area contributed by atoms with E-state index in [1.807, 2.05) is 66.9 Å². The minimum Gasteiger partial charge on any atom is -0.545 e. The molecule has 5 heteroatoms. The molecule has 0 bridgehead atoms. The van der Waals surface area contributed by atoms with Gasteiger partial charge in [-0.2, -0.15) is 0 Å². The average Bonchev–Trinajstić information content (AvgIpc) is 2.93. The predicted octanol–water partition coefficient (Wildman–Crippen LogP) is 4.21. The van der Waals surface area contributed by atoms with Crippen molar-refractivity contribution < 1.29 is 9.90 Å². The smallest absolute Gasteiger partial charge is 0.0736 e. The van der Waals surface area contributed by atoms with Gasteiger partial charge in [0.2, 0.25) is 0 Å². The molecule has 0 radical (unpaired) electrons. The highest BCUT2D eigenvalue weighted by atomic mass is 79.9. The Morgan fingerprint density at radius 2 is 1.83 bits per heavy atom. The molecule has 0 spiro atoms. The molecule has 0 aliphatic rings. The highest BCUT2D eigenvalue weighted by molar-refractivity contribution is 9.10. The monoisotopic (exact) mass is 451 g/mol. The van der Waals surface area contributed by atoms with Crippen molar-refractivity contribution in [2.45, 2.75) is 33.5 Å². The van der Waals surface area contributed by atoms with Crippen LogP contribution in [0.5, 0.6) is 0 Å². The van der Waals surface area contributed by atoms with Gasteiger partial charge in [0, 0.05) is 41.1 Å². The fourth-order valence-corrected chi connectivity index (χ4v) is 4.04. The van der Waals surface area contributed by atoms with Crippen LogP contribution >= 0.6 is 15.9 Å². The average molecular weight is 452 g/mol. The Morgan fingerprint density at radius 1 is 1.10 bits per heavy atom. The van der Waals surface area contributed by atoms with E-state index in [9.17, 15) is 9.90 Å². The van der Waals surface area contributed by atoms with E-state index in [0.29, 0.717) is 19.6 Å². The summed E-state index contributed by atoms with van der Waals surface area (Å²) in [4.78, 5) is 11.9. The first kappa shape index (κ1) is 21.1. The summed E-state index contributed by atoms with van der Waals surface area (Å²) in [5.74, 6) is -1.13. The second-order valence-corrected chi connectivity index (χ2v) is 7.99. The fourth-order valence-electron chi connectivity index (χ4n) is 3.59. The van der Waals surface area contributed by atoms with Crippen LogP contribution in [-0.4, -0.2) is 10.5 Å². The molecular formula is C24H24BrN2O2-. The number of aromatic nitrogens is 1. The lowest BCUT2D eigenvalue weighted by molar-refractivity contribution is -0.255. The van der Waals surface area contributed by atoms with Gasteiger partial charge in [0.05, 0.1) is 5.97 Å². The molecule has 2 aromatic carbocycles. The van der Waals surface area contributed by atoms with E-state index in [1.54, 1.807) is 6.08 Å². The molecule has 0 saturated heterocycles. The van der Waals surface area contributed by atoms with Gasteiger partial charge in [0.15, 0.2) is 0 Å². The number of carboxylic acids is 1. The van der Waals surface area contributed by atoms with Gasteiger partial charge in [-0.05, 0) is 48.2 Å². The van der Waals surface area contributed by atoms with Crippen LogP contribution < -0.4 is 10.4 Å². The van der Waals surface area contributed by atoms with Crippen molar-refractivity contribution in [2.24, 2.45) is 0 Å². The van der Waals surface area contributed by atoms with Crippen molar-refractivity contribution >= 4 is 28.0 Å². The first-order valence-electron chi connectivity index (χ1n) is 9.47. The zero-order valence-corrected chi connectivity index (χ0v) is 18.3. The summed E-state index contributed by atoms with van der Waals surface area (Å²) in [6, 6.07) is 16.1. The van der Waals surface area contributed by atoms with Crippen LogP contribution in [0.25, 0.3) is 6.08 Å². The molecule has 4 nitrogen and oxygen atoms in total. The summed E-state index contributed by atoms with van der Waals surface area (Å²) < 4.78 is 3.07. The number of carbonyl (C=O) groups excluding carboxylic acids is 1. The van der Waals surface area contributed by atoms with Crippen LogP contribution in [0.1, 0.15) is 44.0 Å². The number of halogens is 1. The summed E-state index contributed by atoms with van der Waals surface area (Å²) in [7, 11) is 0. The van der Waals surface area contributed by atoms with Crippen LogP contribution in [0.2, 0.25) is 0 Å². The quantitative estimate of drug-likeness (QED) is 0.557. The second-order valence-electron chi connectivity index (χ2n) is 7.08. The number of benzene rings is 2. The van der Waals surface area contributed by atoms with Gasteiger partial charge in [0.1, 0.15) is 0 Å². The van der Waals surface area contributed by atoms with Crippen molar-refractivity contribution in [2.75, 3.05) is 0 Å². The van der Waals surface area contributed by atoms with E-state index in [-0.39, 0.29) is 5.56 Å². The number of hydrogen-bond acceptors (Lipinski definition) is 3. The number of hydrogen-bond donors (Lipinski definition) is 1. The molecule has 3 aromatic rings. The number of carboxylic acid groups (broad SMARTS) is 1. The molecule has 150 valence electrons. The van der Waals surface area contributed by atoms with Crippen LogP contribution in [0, 0.1) is 13.8 Å². The summed E-state index contributed by atoms with van der Waals surface area (Å²) in [6.45, 7) is 9.31. The Hall–Kier alpha value is -2.63. The van der Waals surface area contributed by atoms with E-state index >= 15 is 0 Å². The molecule has 0 unspecified atom stereocenters. The largest absolute Gasteiger partial charge is 0.545 e. The van der Waals surface area contributed by atoms with Crippen LogP contribution in [0.4, 0.5) is 0 Å². The zero-order valence-electron chi connectivity index (χ0n) is 16.7. The highest BCUT2D eigenvalue weighted by Crippen LogP contribution is 2.24. The van der Waals surface area contributed by atoms with Gasteiger partial charge in [-0.25, -0.2) is 0 Å². The third-order valence-corrected chi connectivity index (χ3v) is 5.68. The number of nitrogens with one attached hydrogen (secondary N) is 1.